The molecule has 0 saturated carbocycles. The van der Waals surface area contributed by atoms with E-state index in [1.165, 1.54) is 25.1 Å². The van der Waals surface area contributed by atoms with E-state index in [-0.39, 0.29) is 21.4 Å². The Hall–Kier alpha value is -2.11. The van der Waals surface area contributed by atoms with E-state index < -0.39 is 18.0 Å². The minimum atomic E-state index is -0.990. The highest BCUT2D eigenvalue weighted by Crippen LogP contribution is 2.26. The second kappa shape index (κ2) is 8.83. The average molecular weight is 384 g/mol. The Morgan fingerprint density at radius 1 is 1.16 bits per heavy atom. The van der Waals surface area contributed by atoms with Gasteiger partial charge in [-0.2, -0.15) is 0 Å². The molecule has 0 aliphatic carbocycles. The van der Waals surface area contributed by atoms with Crippen LogP contribution in [0.1, 0.15) is 22.8 Å². The Balaban J connectivity index is 1.84. The topological polar surface area (TPSA) is 55.4 Å². The van der Waals surface area contributed by atoms with Gasteiger partial charge < -0.3 is 10.1 Å². The number of carbonyl (C=O) groups excluding carboxylic acids is 2. The van der Waals surface area contributed by atoms with E-state index in [1.807, 2.05) is 0 Å². The summed E-state index contributed by atoms with van der Waals surface area (Å²) in [4.78, 5) is 24.1. The fourth-order valence-electron chi connectivity index (χ4n) is 2.06. The van der Waals surface area contributed by atoms with Crippen LogP contribution < -0.4 is 5.32 Å². The highest BCUT2D eigenvalue weighted by molar-refractivity contribution is 6.43. The van der Waals surface area contributed by atoms with Crippen LogP contribution in [-0.2, 0) is 16.0 Å². The molecule has 0 aromatic heterocycles. The van der Waals surface area contributed by atoms with Crippen LogP contribution in [0.15, 0.2) is 42.5 Å². The van der Waals surface area contributed by atoms with Crippen molar-refractivity contribution in [3.8, 4) is 0 Å². The quantitative estimate of drug-likeness (QED) is 0.765. The molecule has 25 heavy (non-hydrogen) atoms. The Labute approximate surface area is 154 Å². The van der Waals surface area contributed by atoms with Gasteiger partial charge in [-0.05, 0) is 43.2 Å². The summed E-state index contributed by atoms with van der Waals surface area (Å²) in [5, 5.41) is 2.97. The first-order valence-electron chi connectivity index (χ1n) is 7.55. The predicted molar refractivity (Wildman–Crippen MR) is 94.5 cm³/mol. The summed E-state index contributed by atoms with van der Waals surface area (Å²) in [7, 11) is 0. The molecule has 2 aromatic carbocycles. The van der Waals surface area contributed by atoms with Crippen molar-refractivity contribution >= 4 is 35.1 Å². The maximum Gasteiger partial charge on any atom is 0.340 e. The molecule has 0 spiro atoms. The van der Waals surface area contributed by atoms with E-state index in [0.717, 1.165) is 5.56 Å². The number of amides is 1. The zero-order chi connectivity index (χ0) is 18.4. The van der Waals surface area contributed by atoms with Crippen molar-refractivity contribution in [3.05, 3.63) is 69.5 Å². The van der Waals surface area contributed by atoms with Crippen LogP contribution in [0.3, 0.4) is 0 Å². The number of hydrogen-bond donors (Lipinski definition) is 1. The summed E-state index contributed by atoms with van der Waals surface area (Å²) in [6.07, 6.45) is -0.455. The summed E-state index contributed by atoms with van der Waals surface area (Å²) < 4.78 is 17.9. The van der Waals surface area contributed by atoms with Gasteiger partial charge in [-0.25, -0.2) is 9.18 Å². The number of rotatable bonds is 6. The number of carbonyl (C=O) groups is 2. The van der Waals surface area contributed by atoms with Crippen LogP contribution in [0.4, 0.5) is 4.39 Å². The summed E-state index contributed by atoms with van der Waals surface area (Å²) in [6.45, 7) is 1.80. The molecule has 4 nitrogen and oxygen atoms in total. The first-order chi connectivity index (χ1) is 11.9. The number of esters is 1. The van der Waals surface area contributed by atoms with E-state index in [0.29, 0.717) is 13.0 Å². The lowest BCUT2D eigenvalue weighted by atomic mass is 10.1. The Morgan fingerprint density at radius 3 is 2.52 bits per heavy atom. The van der Waals surface area contributed by atoms with Gasteiger partial charge in [0.05, 0.1) is 15.6 Å². The molecule has 0 aliphatic rings. The highest BCUT2D eigenvalue weighted by atomic mass is 35.5. The lowest BCUT2D eigenvalue weighted by Gasteiger charge is -2.14. The minimum absolute atomic E-state index is 0.0816. The summed E-state index contributed by atoms with van der Waals surface area (Å²) in [6, 6.07) is 10.6. The van der Waals surface area contributed by atoms with Gasteiger partial charge in [0, 0.05) is 6.54 Å². The molecule has 0 heterocycles. The molecular formula is C18H16Cl2FNO3. The molecule has 132 valence electrons. The fraction of sp³-hybridized carbons (Fsp3) is 0.222. The highest BCUT2D eigenvalue weighted by Gasteiger charge is 2.21. The van der Waals surface area contributed by atoms with E-state index in [9.17, 15) is 14.0 Å². The number of halogens is 3. The summed E-state index contributed by atoms with van der Waals surface area (Å²) in [5.41, 5.74) is 0.984. The SMILES string of the molecule is C[C@H](OC(=O)c1cccc(Cl)c1Cl)C(=O)NCCc1ccc(F)cc1. The van der Waals surface area contributed by atoms with Crippen molar-refractivity contribution < 1.29 is 18.7 Å². The predicted octanol–water partition coefficient (Wildman–Crippen LogP) is 4.04. The normalized spacial score (nSPS) is 11.7. The molecular weight excluding hydrogens is 368 g/mol. The molecule has 2 rings (SSSR count). The zero-order valence-corrected chi connectivity index (χ0v) is 14.9. The molecule has 2 aromatic rings. The first kappa shape index (κ1) is 19.2. The Bertz CT molecular complexity index is 765. The van der Waals surface area contributed by atoms with Crippen LogP contribution in [0, 0.1) is 5.82 Å². The van der Waals surface area contributed by atoms with Gasteiger partial charge in [0.1, 0.15) is 5.82 Å². The molecule has 0 aliphatic heterocycles. The summed E-state index contributed by atoms with van der Waals surface area (Å²) >= 11 is 11.8. The molecule has 7 heteroatoms. The number of hydrogen-bond acceptors (Lipinski definition) is 3. The largest absolute Gasteiger partial charge is 0.449 e. The lowest BCUT2D eigenvalue weighted by Crippen LogP contribution is -2.37. The van der Waals surface area contributed by atoms with Crippen molar-refractivity contribution in [1.29, 1.82) is 0 Å². The zero-order valence-electron chi connectivity index (χ0n) is 13.4. The van der Waals surface area contributed by atoms with Gasteiger partial charge in [-0.15, -0.1) is 0 Å². The standard InChI is InChI=1S/C18H16Cl2FNO3/c1-11(25-18(24)14-3-2-4-15(19)16(14)20)17(23)22-10-9-12-5-7-13(21)8-6-12/h2-8,11H,9-10H2,1H3,(H,22,23)/t11-/m0/s1. The number of ether oxygens (including phenoxy) is 1. The van der Waals surface area contributed by atoms with Gasteiger partial charge in [0.25, 0.3) is 5.91 Å². The number of benzene rings is 2. The lowest BCUT2D eigenvalue weighted by molar-refractivity contribution is -0.129. The Morgan fingerprint density at radius 2 is 1.84 bits per heavy atom. The van der Waals surface area contributed by atoms with E-state index in [2.05, 4.69) is 5.32 Å². The molecule has 1 N–H and O–H groups in total. The van der Waals surface area contributed by atoms with Crippen LogP contribution in [0.25, 0.3) is 0 Å². The third-order valence-electron chi connectivity index (χ3n) is 3.45. The van der Waals surface area contributed by atoms with Crippen LogP contribution >= 0.6 is 23.2 Å². The van der Waals surface area contributed by atoms with Crippen molar-refractivity contribution in [2.24, 2.45) is 0 Å². The molecule has 1 amide bonds. The van der Waals surface area contributed by atoms with E-state index in [4.69, 9.17) is 27.9 Å². The molecule has 0 bridgehead atoms. The van der Waals surface area contributed by atoms with Crippen molar-refractivity contribution in [2.75, 3.05) is 6.54 Å². The molecule has 0 saturated heterocycles. The average Bonchev–Trinajstić information content (AvgIpc) is 2.58. The molecule has 1 atom stereocenters. The minimum Gasteiger partial charge on any atom is -0.449 e. The van der Waals surface area contributed by atoms with Gasteiger partial charge in [0.2, 0.25) is 0 Å². The van der Waals surface area contributed by atoms with Crippen LogP contribution in [0.2, 0.25) is 10.0 Å². The maximum absolute atomic E-state index is 12.8. The van der Waals surface area contributed by atoms with Gasteiger partial charge in [-0.3, -0.25) is 4.79 Å². The summed E-state index contributed by atoms with van der Waals surface area (Å²) in [5.74, 6) is -1.48. The van der Waals surface area contributed by atoms with E-state index >= 15 is 0 Å². The van der Waals surface area contributed by atoms with Crippen molar-refractivity contribution in [3.63, 3.8) is 0 Å². The van der Waals surface area contributed by atoms with E-state index in [1.54, 1.807) is 24.3 Å². The van der Waals surface area contributed by atoms with Crippen molar-refractivity contribution in [2.45, 2.75) is 19.4 Å². The van der Waals surface area contributed by atoms with Gasteiger partial charge in [-0.1, -0.05) is 41.4 Å². The van der Waals surface area contributed by atoms with Crippen LogP contribution in [0.5, 0.6) is 0 Å². The smallest absolute Gasteiger partial charge is 0.340 e. The fourth-order valence-corrected chi connectivity index (χ4v) is 2.44. The van der Waals surface area contributed by atoms with Gasteiger partial charge in [0.15, 0.2) is 6.10 Å². The monoisotopic (exact) mass is 383 g/mol. The third kappa shape index (κ3) is 5.44. The van der Waals surface area contributed by atoms with Crippen molar-refractivity contribution in [1.82, 2.24) is 5.32 Å². The maximum atomic E-state index is 12.8. The molecule has 0 fully saturated rings. The van der Waals surface area contributed by atoms with Gasteiger partial charge >= 0.3 is 5.97 Å². The second-order valence-electron chi connectivity index (χ2n) is 5.32. The number of nitrogens with one attached hydrogen (secondary N) is 1. The first-order valence-corrected chi connectivity index (χ1v) is 8.31. The third-order valence-corrected chi connectivity index (χ3v) is 4.27. The van der Waals surface area contributed by atoms with Crippen LogP contribution in [-0.4, -0.2) is 24.5 Å². The second-order valence-corrected chi connectivity index (χ2v) is 6.10. The Kier molecular flexibility index (Phi) is 6.79. The molecule has 0 unspecified atom stereocenters. The molecule has 0 radical (unpaired) electrons.